The molecular formula is C11H13ClN4. The Morgan fingerprint density at radius 3 is 2.75 bits per heavy atom. The van der Waals surface area contributed by atoms with Crippen LogP contribution in [0.3, 0.4) is 0 Å². The van der Waals surface area contributed by atoms with Crippen molar-refractivity contribution < 1.29 is 0 Å². The molecule has 1 heterocycles. The fourth-order valence-electron chi connectivity index (χ4n) is 1.49. The number of halogens is 1. The Morgan fingerprint density at radius 2 is 2.12 bits per heavy atom. The molecular weight excluding hydrogens is 224 g/mol. The van der Waals surface area contributed by atoms with Crippen molar-refractivity contribution in [1.29, 1.82) is 0 Å². The van der Waals surface area contributed by atoms with Crippen LogP contribution in [-0.4, -0.2) is 14.8 Å². The summed E-state index contributed by atoms with van der Waals surface area (Å²) < 4.78 is 1.99. The molecule has 4 nitrogen and oxygen atoms in total. The third-order valence-corrected chi connectivity index (χ3v) is 2.72. The molecule has 0 unspecified atom stereocenters. The molecule has 0 spiro atoms. The highest BCUT2D eigenvalue weighted by atomic mass is 35.5. The van der Waals surface area contributed by atoms with E-state index in [-0.39, 0.29) is 0 Å². The molecule has 1 aromatic carbocycles. The molecule has 0 atom stereocenters. The van der Waals surface area contributed by atoms with Crippen LogP contribution in [-0.2, 0) is 0 Å². The Morgan fingerprint density at radius 1 is 1.38 bits per heavy atom. The quantitative estimate of drug-likeness (QED) is 0.816. The molecule has 1 aromatic heterocycles. The van der Waals surface area contributed by atoms with Crippen LogP contribution in [0.5, 0.6) is 0 Å². The molecule has 0 radical (unpaired) electrons. The molecule has 2 aromatic rings. The molecule has 0 aliphatic rings. The predicted octanol–water partition coefficient (Wildman–Crippen LogP) is 2.76. The fraction of sp³-hybridized carbons (Fsp3) is 0.273. The summed E-state index contributed by atoms with van der Waals surface area (Å²) in [7, 11) is 0. The molecule has 0 aliphatic heterocycles. The molecule has 2 rings (SSSR count). The molecule has 16 heavy (non-hydrogen) atoms. The molecule has 2 N–H and O–H groups in total. The fourth-order valence-corrected chi connectivity index (χ4v) is 1.67. The molecule has 0 saturated carbocycles. The van der Waals surface area contributed by atoms with E-state index in [0.717, 1.165) is 11.4 Å². The van der Waals surface area contributed by atoms with Crippen LogP contribution in [0.15, 0.2) is 24.5 Å². The van der Waals surface area contributed by atoms with Crippen LogP contribution in [0.4, 0.5) is 5.69 Å². The van der Waals surface area contributed by atoms with Gasteiger partial charge in [-0.05, 0) is 32.0 Å². The van der Waals surface area contributed by atoms with Gasteiger partial charge < -0.3 is 10.3 Å². The third-order valence-electron chi connectivity index (χ3n) is 2.39. The second-order valence-corrected chi connectivity index (χ2v) is 4.30. The standard InChI is InChI=1S/C11H13ClN4/c1-7(2)16-6-14-15-11(16)8-3-4-10(13)9(12)5-8/h3-7H,13H2,1-2H3. The molecule has 0 bridgehead atoms. The van der Waals surface area contributed by atoms with Crippen LogP contribution in [0, 0.1) is 0 Å². The molecule has 0 aliphatic carbocycles. The zero-order valence-electron chi connectivity index (χ0n) is 9.18. The van der Waals surface area contributed by atoms with Crippen molar-refractivity contribution in [2.75, 3.05) is 5.73 Å². The number of rotatable bonds is 2. The molecule has 0 saturated heterocycles. The minimum atomic E-state index is 0.307. The molecule has 84 valence electrons. The van der Waals surface area contributed by atoms with Gasteiger partial charge in [-0.2, -0.15) is 0 Å². The van der Waals surface area contributed by atoms with E-state index in [2.05, 4.69) is 24.0 Å². The number of aromatic nitrogens is 3. The van der Waals surface area contributed by atoms with Gasteiger partial charge >= 0.3 is 0 Å². The number of nitrogens with zero attached hydrogens (tertiary/aromatic N) is 3. The number of nitrogens with two attached hydrogens (primary N) is 1. The first-order valence-electron chi connectivity index (χ1n) is 5.04. The summed E-state index contributed by atoms with van der Waals surface area (Å²) in [6, 6.07) is 5.78. The number of hydrogen-bond acceptors (Lipinski definition) is 3. The van der Waals surface area contributed by atoms with E-state index in [1.54, 1.807) is 18.5 Å². The van der Waals surface area contributed by atoms with Gasteiger partial charge in [0.05, 0.1) is 10.7 Å². The van der Waals surface area contributed by atoms with Crippen molar-refractivity contribution in [2.24, 2.45) is 0 Å². The van der Waals surface area contributed by atoms with Gasteiger partial charge in [-0.1, -0.05) is 11.6 Å². The van der Waals surface area contributed by atoms with E-state index in [1.165, 1.54) is 0 Å². The summed E-state index contributed by atoms with van der Waals surface area (Å²) in [6.45, 7) is 4.15. The maximum absolute atomic E-state index is 5.98. The van der Waals surface area contributed by atoms with E-state index in [1.807, 2.05) is 10.6 Å². The van der Waals surface area contributed by atoms with Gasteiger partial charge in [-0.15, -0.1) is 10.2 Å². The van der Waals surface area contributed by atoms with Crippen molar-refractivity contribution >= 4 is 17.3 Å². The van der Waals surface area contributed by atoms with Crippen LogP contribution in [0.25, 0.3) is 11.4 Å². The summed E-state index contributed by atoms with van der Waals surface area (Å²) in [5, 5.41) is 8.54. The van der Waals surface area contributed by atoms with Gasteiger partial charge in [0.1, 0.15) is 6.33 Å². The van der Waals surface area contributed by atoms with Gasteiger partial charge in [0.25, 0.3) is 0 Å². The zero-order valence-corrected chi connectivity index (χ0v) is 9.94. The minimum absolute atomic E-state index is 0.307. The largest absolute Gasteiger partial charge is 0.398 e. The third kappa shape index (κ3) is 1.88. The van der Waals surface area contributed by atoms with Gasteiger partial charge in [0.15, 0.2) is 5.82 Å². The first-order chi connectivity index (χ1) is 7.59. The minimum Gasteiger partial charge on any atom is -0.398 e. The SMILES string of the molecule is CC(C)n1cnnc1-c1ccc(N)c(Cl)c1. The average molecular weight is 237 g/mol. The van der Waals surface area contributed by atoms with E-state index < -0.39 is 0 Å². The zero-order chi connectivity index (χ0) is 11.7. The average Bonchev–Trinajstić information content (AvgIpc) is 2.71. The molecule has 0 fully saturated rings. The van der Waals surface area contributed by atoms with Gasteiger partial charge in [0, 0.05) is 11.6 Å². The first kappa shape index (κ1) is 11.0. The predicted molar refractivity (Wildman–Crippen MR) is 65.3 cm³/mol. The normalized spacial score (nSPS) is 11.0. The van der Waals surface area contributed by atoms with Crippen molar-refractivity contribution in [1.82, 2.24) is 14.8 Å². The van der Waals surface area contributed by atoms with Gasteiger partial charge in [0.2, 0.25) is 0 Å². The molecule has 5 heteroatoms. The number of benzene rings is 1. The van der Waals surface area contributed by atoms with E-state index in [9.17, 15) is 0 Å². The number of hydrogen-bond donors (Lipinski definition) is 1. The van der Waals surface area contributed by atoms with Crippen molar-refractivity contribution in [3.63, 3.8) is 0 Å². The van der Waals surface area contributed by atoms with Crippen LogP contribution >= 0.6 is 11.6 Å². The lowest BCUT2D eigenvalue weighted by molar-refractivity contribution is 0.604. The van der Waals surface area contributed by atoms with E-state index in [0.29, 0.717) is 16.8 Å². The Labute approximate surface area is 99.1 Å². The van der Waals surface area contributed by atoms with E-state index in [4.69, 9.17) is 17.3 Å². The maximum atomic E-state index is 5.98. The second-order valence-electron chi connectivity index (χ2n) is 3.89. The van der Waals surface area contributed by atoms with Gasteiger partial charge in [-0.25, -0.2) is 0 Å². The number of anilines is 1. The number of nitrogen functional groups attached to an aromatic ring is 1. The summed E-state index contributed by atoms with van der Waals surface area (Å²) in [5.74, 6) is 0.803. The Balaban J connectivity index is 2.50. The highest BCUT2D eigenvalue weighted by Gasteiger charge is 2.10. The van der Waals surface area contributed by atoms with Crippen LogP contribution in [0.1, 0.15) is 19.9 Å². The maximum Gasteiger partial charge on any atom is 0.164 e. The lowest BCUT2D eigenvalue weighted by Gasteiger charge is -2.10. The lowest BCUT2D eigenvalue weighted by atomic mass is 10.2. The highest BCUT2D eigenvalue weighted by Crippen LogP contribution is 2.26. The molecule has 0 amide bonds. The van der Waals surface area contributed by atoms with Crippen molar-refractivity contribution in [2.45, 2.75) is 19.9 Å². The lowest BCUT2D eigenvalue weighted by Crippen LogP contribution is -2.01. The van der Waals surface area contributed by atoms with Crippen LogP contribution in [0.2, 0.25) is 5.02 Å². The topological polar surface area (TPSA) is 56.7 Å². The summed E-state index contributed by atoms with van der Waals surface area (Å²) in [5.41, 5.74) is 7.16. The second kappa shape index (κ2) is 4.14. The Bertz CT molecular complexity index is 504. The highest BCUT2D eigenvalue weighted by molar-refractivity contribution is 6.33. The smallest absolute Gasteiger partial charge is 0.164 e. The van der Waals surface area contributed by atoms with Crippen molar-refractivity contribution in [3.8, 4) is 11.4 Å². The monoisotopic (exact) mass is 236 g/mol. The Kier molecular flexibility index (Phi) is 2.83. The summed E-state index contributed by atoms with van der Waals surface area (Å²) in [4.78, 5) is 0. The first-order valence-corrected chi connectivity index (χ1v) is 5.42. The van der Waals surface area contributed by atoms with E-state index >= 15 is 0 Å². The van der Waals surface area contributed by atoms with Gasteiger partial charge in [-0.3, -0.25) is 0 Å². The summed E-state index contributed by atoms with van der Waals surface area (Å²) >= 11 is 5.98. The van der Waals surface area contributed by atoms with Crippen molar-refractivity contribution in [3.05, 3.63) is 29.5 Å². The van der Waals surface area contributed by atoms with Crippen LogP contribution < -0.4 is 5.73 Å². The summed E-state index contributed by atoms with van der Waals surface area (Å²) in [6.07, 6.45) is 1.71. The Hall–Kier alpha value is -1.55.